The average molecular weight is 313 g/mol. The van der Waals surface area contributed by atoms with Crippen LogP contribution in [0.15, 0.2) is 28.7 Å². The van der Waals surface area contributed by atoms with Crippen LogP contribution >= 0.6 is 15.9 Å². The molecule has 0 radical (unpaired) electrons. The standard InChI is InChI=1S/C14H21BrN2O/c1-16-11-13-5-3-7-17(13)8-9-18-14-6-2-4-12(15)10-14/h2,4,6,10,13,16H,3,5,7-9,11H2,1H3. The Hall–Kier alpha value is -0.580. The van der Waals surface area contributed by atoms with Crippen LogP contribution < -0.4 is 10.1 Å². The summed E-state index contributed by atoms with van der Waals surface area (Å²) in [5.41, 5.74) is 0. The Kier molecular flexibility index (Phi) is 5.47. The number of hydrogen-bond donors (Lipinski definition) is 1. The number of ether oxygens (including phenoxy) is 1. The number of nitrogens with one attached hydrogen (secondary N) is 1. The van der Waals surface area contributed by atoms with Gasteiger partial charge in [0.25, 0.3) is 0 Å². The molecule has 0 bridgehead atoms. The number of likely N-dealkylation sites (tertiary alicyclic amines) is 1. The van der Waals surface area contributed by atoms with Gasteiger partial charge in [0.05, 0.1) is 0 Å². The highest BCUT2D eigenvalue weighted by molar-refractivity contribution is 9.10. The first-order valence-electron chi connectivity index (χ1n) is 6.56. The zero-order valence-corrected chi connectivity index (χ0v) is 12.4. The van der Waals surface area contributed by atoms with Crippen molar-refractivity contribution in [1.29, 1.82) is 0 Å². The van der Waals surface area contributed by atoms with Gasteiger partial charge < -0.3 is 10.1 Å². The minimum absolute atomic E-state index is 0.682. The molecule has 1 N–H and O–H groups in total. The van der Waals surface area contributed by atoms with Crippen LogP contribution in [-0.4, -0.2) is 44.2 Å². The van der Waals surface area contributed by atoms with E-state index in [9.17, 15) is 0 Å². The van der Waals surface area contributed by atoms with Crippen molar-refractivity contribution >= 4 is 15.9 Å². The summed E-state index contributed by atoms with van der Waals surface area (Å²) < 4.78 is 6.85. The van der Waals surface area contributed by atoms with Gasteiger partial charge in [-0.2, -0.15) is 0 Å². The smallest absolute Gasteiger partial charge is 0.120 e. The normalized spacial score (nSPS) is 20.2. The van der Waals surface area contributed by atoms with E-state index in [0.717, 1.165) is 29.9 Å². The Bertz CT molecular complexity index is 373. The fraction of sp³-hybridized carbons (Fsp3) is 0.571. The van der Waals surface area contributed by atoms with Gasteiger partial charge in [-0.05, 0) is 44.6 Å². The van der Waals surface area contributed by atoms with Crippen LogP contribution in [-0.2, 0) is 0 Å². The highest BCUT2D eigenvalue weighted by Crippen LogP contribution is 2.19. The maximum atomic E-state index is 5.78. The Balaban J connectivity index is 1.74. The van der Waals surface area contributed by atoms with E-state index in [-0.39, 0.29) is 0 Å². The largest absolute Gasteiger partial charge is 0.492 e. The lowest BCUT2D eigenvalue weighted by Crippen LogP contribution is -2.38. The van der Waals surface area contributed by atoms with Crippen molar-refractivity contribution in [3.63, 3.8) is 0 Å². The van der Waals surface area contributed by atoms with Crippen LogP contribution in [0.2, 0.25) is 0 Å². The predicted molar refractivity (Wildman–Crippen MR) is 78.2 cm³/mol. The summed E-state index contributed by atoms with van der Waals surface area (Å²) in [6.45, 7) is 4.06. The van der Waals surface area contributed by atoms with Crippen LogP contribution in [0.25, 0.3) is 0 Å². The fourth-order valence-corrected chi connectivity index (χ4v) is 2.87. The summed E-state index contributed by atoms with van der Waals surface area (Å²) in [6, 6.07) is 8.70. The number of nitrogens with zero attached hydrogens (tertiary/aromatic N) is 1. The topological polar surface area (TPSA) is 24.5 Å². The third kappa shape index (κ3) is 3.97. The minimum atomic E-state index is 0.682. The Labute approximate surface area is 118 Å². The highest BCUT2D eigenvalue weighted by atomic mass is 79.9. The second-order valence-corrected chi connectivity index (χ2v) is 5.61. The van der Waals surface area contributed by atoms with E-state index in [0.29, 0.717) is 6.04 Å². The molecule has 1 heterocycles. The third-order valence-corrected chi connectivity index (χ3v) is 3.88. The van der Waals surface area contributed by atoms with Crippen molar-refractivity contribution in [2.75, 3.05) is 33.3 Å². The Morgan fingerprint density at radius 1 is 1.50 bits per heavy atom. The van der Waals surface area contributed by atoms with Crippen LogP contribution in [0, 0.1) is 0 Å². The summed E-state index contributed by atoms with van der Waals surface area (Å²) >= 11 is 3.45. The summed E-state index contributed by atoms with van der Waals surface area (Å²) in [4.78, 5) is 2.52. The van der Waals surface area contributed by atoms with Crippen molar-refractivity contribution in [2.45, 2.75) is 18.9 Å². The SMILES string of the molecule is CNCC1CCCN1CCOc1cccc(Br)c1. The van der Waals surface area contributed by atoms with Gasteiger partial charge in [-0.15, -0.1) is 0 Å². The first kappa shape index (κ1) is 13.8. The predicted octanol–water partition coefficient (Wildman–Crippen LogP) is 2.51. The molecule has 0 amide bonds. The van der Waals surface area contributed by atoms with Gasteiger partial charge in [0.15, 0.2) is 0 Å². The molecule has 1 aromatic carbocycles. The van der Waals surface area contributed by atoms with Crippen molar-refractivity contribution in [3.05, 3.63) is 28.7 Å². The number of halogens is 1. The lowest BCUT2D eigenvalue weighted by Gasteiger charge is -2.24. The van der Waals surface area contributed by atoms with Crippen LogP contribution in [0.3, 0.4) is 0 Å². The van der Waals surface area contributed by atoms with E-state index in [1.165, 1.54) is 19.4 Å². The summed E-state index contributed by atoms with van der Waals surface area (Å²) in [7, 11) is 2.02. The fourth-order valence-electron chi connectivity index (χ4n) is 2.49. The van der Waals surface area contributed by atoms with E-state index in [4.69, 9.17) is 4.74 Å². The van der Waals surface area contributed by atoms with Gasteiger partial charge in [0.2, 0.25) is 0 Å². The monoisotopic (exact) mass is 312 g/mol. The average Bonchev–Trinajstić information content (AvgIpc) is 2.78. The quantitative estimate of drug-likeness (QED) is 0.873. The lowest BCUT2D eigenvalue weighted by atomic mass is 10.2. The van der Waals surface area contributed by atoms with Gasteiger partial charge in [-0.25, -0.2) is 0 Å². The molecular formula is C14H21BrN2O. The molecule has 0 spiro atoms. The molecule has 100 valence electrons. The van der Waals surface area contributed by atoms with Crippen LogP contribution in [0.4, 0.5) is 0 Å². The van der Waals surface area contributed by atoms with E-state index < -0.39 is 0 Å². The summed E-state index contributed by atoms with van der Waals surface area (Å²) in [5, 5.41) is 3.27. The molecule has 3 nitrogen and oxygen atoms in total. The van der Waals surface area contributed by atoms with E-state index in [2.05, 4.69) is 26.1 Å². The number of hydrogen-bond acceptors (Lipinski definition) is 3. The lowest BCUT2D eigenvalue weighted by molar-refractivity contribution is 0.195. The van der Waals surface area contributed by atoms with Crippen LogP contribution in [0.5, 0.6) is 5.75 Å². The molecule has 1 aliphatic rings. The first-order chi connectivity index (χ1) is 8.79. The number of benzene rings is 1. The second-order valence-electron chi connectivity index (χ2n) is 4.70. The third-order valence-electron chi connectivity index (χ3n) is 3.38. The van der Waals surface area contributed by atoms with Gasteiger partial charge in [0.1, 0.15) is 12.4 Å². The molecule has 2 rings (SSSR count). The Morgan fingerprint density at radius 3 is 3.17 bits per heavy atom. The molecule has 0 aliphatic carbocycles. The van der Waals surface area contributed by atoms with Gasteiger partial charge in [-0.3, -0.25) is 4.90 Å². The highest BCUT2D eigenvalue weighted by Gasteiger charge is 2.23. The number of rotatable bonds is 6. The molecule has 4 heteroatoms. The second kappa shape index (κ2) is 7.12. The minimum Gasteiger partial charge on any atom is -0.492 e. The molecule has 1 aromatic rings. The molecule has 1 saturated heterocycles. The van der Waals surface area contributed by atoms with Crippen molar-refractivity contribution in [1.82, 2.24) is 10.2 Å². The zero-order chi connectivity index (χ0) is 12.8. The number of likely N-dealkylation sites (N-methyl/N-ethyl adjacent to an activating group) is 1. The first-order valence-corrected chi connectivity index (χ1v) is 7.36. The zero-order valence-electron chi connectivity index (χ0n) is 10.9. The van der Waals surface area contributed by atoms with Crippen molar-refractivity contribution in [3.8, 4) is 5.75 Å². The molecule has 0 aromatic heterocycles. The van der Waals surface area contributed by atoms with Crippen LogP contribution in [0.1, 0.15) is 12.8 Å². The molecule has 18 heavy (non-hydrogen) atoms. The molecule has 1 fully saturated rings. The maximum absolute atomic E-state index is 5.78. The Morgan fingerprint density at radius 2 is 2.39 bits per heavy atom. The summed E-state index contributed by atoms with van der Waals surface area (Å²) in [6.07, 6.45) is 2.61. The molecular weight excluding hydrogens is 292 g/mol. The summed E-state index contributed by atoms with van der Waals surface area (Å²) in [5.74, 6) is 0.939. The van der Waals surface area contributed by atoms with E-state index in [1.54, 1.807) is 0 Å². The van der Waals surface area contributed by atoms with Gasteiger partial charge in [0, 0.05) is 23.6 Å². The maximum Gasteiger partial charge on any atom is 0.120 e. The van der Waals surface area contributed by atoms with Crippen molar-refractivity contribution < 1.29 is 4.74 Å². The van der Waals surface area contributed by atoms with Gasteiger partial charge in [-0.1, -0.05) is 22.0 Å². The van der Waals surface area contributed by atoms with E-state index in [1.807, 2.05) is 31.3 Å². The molecule has 1 atom stereocenters. The molecule has 1 aliphatic heterocycles. The van der Waals surface area contributed by atoms with Crippen molar-refractivity contribution in [2.24, 2.45) is 0 Å². The molecule has 0 saturated carbocycles. The van der Waals surface area contributed by atoms with Gasteiger partial charge >= 0.3 is 0 Å². The molecule has 1 unspecified atom stereocenters. The van der Waals surface area contributed by atoms with E-state index >= 15 is 0 Å².